The van der Waals surface area contributed by atoms with Crippen LogP contribution in [0.1, 0.15) is 58.3 Å². The summed E-state index contributed by atoms with van der Waals surface area (Å²) in [4.78, 5) is 12.6. The van der Waals surface area contributed by atoms with Crippen molar-refractivity contribution in [3.05, 3.63) is 0 Å². The molecular weight excluding hydrogens is 256 g/mol. The number of hydrogen-bond donors (Lipinski definition) is 2. The van der Waals surface area contributed by atoms with E-state index in [9.17, 15) is 4.79 Å². The van der Waals surface area contributed by atoms with Crippen LogP contribution in [0.4, 0.5) is 0 Å². The standard InChI is InChI=1S/C15H28N2OS/c1-2-19-13-7-6-12(10-13)17-14(18)15(11-16)8-4-3-5-9-15/h12-13H,2-11,16H2,1H3,(H,17,18). The van der Waals surface area contributed by atoms with E-state index in [1.165, 1.54) is 18.6 Å². The first kappa shape index (κ1) is 15.2. The predicted molar refractivity (Wildman–Crippen MR) is 82.3 cm³/mol. The Balaban J connectivity index is 1.86. The summed E-state index contributed by atoms with van der Waals surface area (Å²) in [5.41, 5.74) is 5.67. The summed E-state index contributed by atoms with van der Waals surface area (Å²) < 4.78 is 0. The highest BCUT2D eigenvalue weighted by atomic mass is 32.2. The first-order valence-electron chi connectivity index (χ1n) is 7.83. The second-order valence-electron chi connectivity index (χ2n) is 6.11. The fourth-order valence-corrected chi connectivity index (χ4v) is 4.69. The van der Waals surface area contributed by atoms with E-state index in [1.54, 1.807) is 0 Å². The third kappa shape index (κ3) is 3.66. The van der Waals surface area contributed by atoms with Crippen LogP contribution in [0, 0.1) is 5.41 Å². The maximum atomic E-state index is 12.6. The summed E-state index contributed by atoms with van der Waals surface area (Å²) in [6, 6.07) is 0.391. The molecule has 0 aromatic rings. The molecule has 0 heterocycles. The van der Waals surface area contributed by atoms with Crippen LogP contribution in [0.15, 0.2) is 0 Å². The Hall–Kier alpha value is -0.220. The van der Waals surface area contributed by atoms with Gasteiger partial charge in [-0.05, 0) is 37.9 Å². The minimum absolute atomic E-state index is 0.238. The highest BCUT2D eigenvalue weighted by Crippen LogP contribution is 2.37. The molecule has 2 saturated carbocycles. The Morgan fingerprint density at radius 2 is 2.05 bits per heavy atom. The minimum Gasteiger partial charge on any atom is -0.353 e. The van der Waals surface area contributed by atoms with Crippen LogP contribution in [-0.2, 0) is 4.79 Å². The molecule has 0 radical (unpaired) electrons. The van der Waals surface area contributed by atoms with Crippen LogP contribution >= 0.6 is 11.8 Å². The van der Waals surface area contributed by atoms with Gasteiger partial charge in [0.25, 0.3) is 0 Å². The van der Waals surface area contributed by atoms with E-state index >= 15 is 0 Å². The zero-order valence-electron chi connectivity index (χ0n) is 12.1. The van der Waals surface area contributed by atoms with Crippen LogP contribution in [0.25, 0.3) is 0 Å². The molecule has 3 nitrogen and oxygen atoms in total. The van der Waals surface area contributed by atoms with Crippen molar-refractivity contribution in [3.63, 3.8) is 0 Å². The number of carbonyl (C=O) groups is 1. The lowest BCUT2D eigenvalue weighted by Gasteiger charge is -2.35. The zero-order valence-corrected chi connectivity index (χ0v) is 12.9. The van der Waals surface area contributed by atoms with Gasteiger partial charge in [0, 0.05) is 17.8 Å². The molecule has 1 amide bonds. The minimum atomic E-state index is -0.256. The molecule has 2 fully saturated rings. The van der Waals surface area contributed by atoms with Crippen molar-refractivity contribution in [3.8, 4) is 0 Å². The maximum absolute atomic E-state index is 12.6. The van der Waals surface area contributed by atoms with Gasteiger partial charge in [0.05, 0.1) is 5.41 Å². The van der Waals surface area contributed by atoms with Gasteiger partial charge in [-0.2, -0.15) is 11.8 Å². The Morgan fingerprint density at radius 1 is 1.32 bits per heavy atom. The summed E-state index contributed by atoms with van der Waals surface area (Å²) >= 11 is 2.03. The molecule has 0 saturated heterocycles. The van der Waals surface area contributed by atoms with Gasteiger partial charge in [-0.1, -0.05) is 26.2 Å². The normalized spacial score (nSPS) is 30.2. The van der Waals surface area contributed by atoms with Crippen LogP contribution in [0.2, 0.25) is 0 Å². The number of thioether (sulfide) groups is 1. The van der Waals surface area contributed by atoms with Crippen molar-refractivity contribution in [2.24, 2.45) is 11.1 Å². The van der Waals surface area contributed by atoms with Crippen LogP contribution in [-0.4, -0.2) is 29.5 Å². The van der Waals surface area contributed by atoms with Gasteiger partial charge in [0.1, 0.15) is 0 Å². The van der Waals surface area contributed by atoms with Crippen LogP contribution in [0.5, 0.6) is 0 Å². The average Bonchev–Trinajstić information content (AvgIpc) is 2.87. The molecule has 0 aromatic heterocycles. The fraction of sp³-hybridized carbons (Fsp3) is 0.933. The summed E-state index contributed by atoms with van der Waals surface area (Å²) in [7, 11) is 0. The quantitative estimate of drug-likeness (QED) is 0.816. The number of hydrogen-bond acceptors (Lipinski definition) is 3. The lowest BCUT2D eigenvalue weighted by atomic mass is 9.73. The molecule has 0 aromatic carbocycles. The third-order valence-corrected chi connectivity index (χ3v) is 6.04. The van der Waals surface area contributed by atoms with Crippen molar-refractivity contribution < 1.29 is 4.79 Å². The number of nitrogens with one attached hydrogen (secondary N) is 1. The van der Waals surface area contributed by atoms with E-state index in [-0.39, 0.29) is 11.3 Å². The smallest absolute Gasteiger partial charge is 0.227 e. The highest BCUT2D eigenvalue weighted by molar-refractivity contribution is 7.99. The van der Waals surface area contributed by atoms with Gasteiger partial charge in [-0.25, -0.2) is 0 Å². The van der Waals surface area contributed by atoms with Crippen LogP contribution in [0.3, 0.4) is 0 Å². The molecule has 2 unspecified atom stereocenters. The molecule has 110 valence electrons. The topological polar surface area (TPSA) is 55.1 Å². The van der Waals surface area contributed by atoms with Gasteiger partial charge < -0.3 is 11.1 Å². The summed E-state index contributed by atoms with van der Waals surface area (Å²) in [5.74, 6) is 1.42. The van der Waals surface area contributed by atoms with Crippen molar-refractivity contribution in [2.75, 3.05) is 12.3 Å². The fourth-order valence-electron chi connectivity index (χ4n) is 3.55. The zero-order chi connectivity index (χ0) is 13.7. The van der Waals surface area contributed by atoms with E-state index in [4.69, 9.17) is 5.73 Å². The molecule has 0 bridgehead atoms. The monoisotopic (exact) mass is 284 g/mol. The molecule has 0 spiro atoms. The Labute approximate surface area is 121 Å². The second kappa shape index (κ2) is 6.98. The lowest BCUT2D eigenvalue weighted by molar-refractivity contribution is -0.133. The van der Waals surface area contributed by atoms with Crippen molar-refractivity contribution >= 4 is 17.7 Å². The Kier molecular flexibility index (Phi) is 5.58. The predicted octanol–water partition coefficient (Wildman–Crippen LogP) is 2.69. The number of carbonyl (C=O) groups excluding carboxylic acids is 1. The average molecular weight is 284 g/mol. The summed E-state index contributed by atoms with van der Waals surface area (Å²) in [5, 5.41) is 4.04. The number of amides is 1. The Bertz CT molecular complexity index is 303. The first-order valence-corrected chi connectivity index (χ1v) is 8.87. The maximum Gasteiger partial charge on any atom is 0.227 e. The molecule has 19 heavy (non-hydrogen) atoms. The van der Waals surface area contributed by atoms with E-state index in [0.29, 0.717) is 12.6 Å². The largest absolute Gasteiger partial charge is 0.353 e. The molecule has 2 rings (SSSR count). The molecular formula is C15H28N2OS. The van der Waals surface area contributed by atoms with E-state index < -0.39 is 0 Å². The molecule has 0 aliphatic heterocycles. The molecule has 2 aliphatic rings. The van der Waals surface area contributed by atoms with Gasteiger partial charge in [-0.15, -0.1) is 0 Å². The van der Waals surface area contributed by atoms with Crippen molar-refractivity contribution in [1.82, 2.24) is 5.32 Å². The second-order valence-corrected chi connectivity index (χ2v) is 7.68. The Morgan fingerprint density at radius 3 is 2.68 bits per heavy atom. The van der Waals surface area contributed by atoms with E-state index in [1.807, 2.05) is 11.8 Å². The summed E-state index contributed by atoms with van der Waals surface area (Å²) in [6.45, 7) is 2.72. The lowest BCUT2D eigenvalue weighted by Crippen LogP contribution is -2.49. The third-order valence-electron chi connectivity index (χ3n) is 4.81. The highest BCUT2D eigenvalue weighted by Gasteiger charge is 2.39. The molecule has 2 atom stereocenters. The molecule has 4 heteroatoms. The van der Waals surface area contributed by atoms with E-state index in [0.717, 1.165) is 43.8 Å². The molecule has 2 aliphatic carbocycles. The van der Waals surface area contributed by atoms with Crippen molar-refractivity contribution in [1.29, 1.82) is 0 Å². The number of nitrogens with two attached hydrogens (primary N) is 1. The van der Waals surface area contributed by atoms with Gasteiger partial charge in [0.15, 0.2) is 0 Å². The van der Waals surface area contributed by atoms with Gasteiger partial charge in [0.2, 0.25) is 5.91 Å². The van der Waals surface area contributed by atoms with Crippen LogP contribution < -0.4 is 11.1 Å². The van der Waals surface area contributed by atoms with Crippen molar-refractivity contribution in [2.45, 2.75) is 69.6 Å². The van der Waals surface area contributed by atoms with Gasteiger partial charge >= 0.3 is 0 Å². The van der Waals surface area contributed by atoms with E-state index in [2.05, 4.69) is 12.2 Å². The first-order chi connectivity index (χ1) is 9.20. The SMILES string of the molecule is CCSC1CCC(NC(=O)C2(CN)CCCCC2)C1. The molecule has 3 N–H and O–H groups in total. The van der Waals surface area contributed by atoms with Gasteiger partial charge in [-0.3, -0.25) is 4.79 Å². The summed E-state index contributed by atoms with van der Waals surface area (Å²) in [6.07, 6.45) is 9.07. The number of rotatable bonds is 5.